The van der Waals surface area contributed by atoms with E-state index in [2.05, 4.69) is 5.53 Å². The van der Waals surface area contributed by atoms with E-state index in [-0.39, 0.29) is 0 Å². The summed E-state index contributed by atoms with van der Waals surface area (Å²) in [4.78, 5) is 0. The normalized spacial score (nSPS) is 17.4. The number of benzene rings is 1. The first-order valence-electron chi connectivity index (χ1n) is 5.93. The Morgan fingerprint density at radius 3 is 2.05 bits per heavy atom. The van der Waals surface area contributed by atoms with E-state index in [1.165, 1.54) is 10.0 Å². The van der Waals surface area contributed by atoms with Crippen LogP contribution in [0.15, 0.2) is 30.5 Å². The van der Waals surface area contributed by atoms with Crippen LogP contribution in [0.4, 0.5) is 0 Å². The molecule has 0 fully saturated rings. The second kappa shape index (κ2) is 6.99. The average Bonchev–Trinajstić information content (AvgIpc) is 2.45. The van der Waals surface area contributed by atoms with Crippen molar-refractivity contribution in [2.24, 2.45) is 0 Å². The molecule has 4 nitrogen and oxygen atoms in total. The summed E-state index contributed by atoms with van der Waals surface area (Å²) in [6.07, 6.45) is 1.64. The summed E-state index contributed by atoms with van der Waals surface area (Å²) in [6, 6.07) is 7.36. The first-order chi connectivity index (χ1) is 10.1. The minimum Gasteiger partial charge on any atom is -0.497 e. The predicted octanol–water partition coefficient (Wildman–Crippen LogP) is 4.73. The van der Waals surface area contributed by atoms with Gasteiger partial charge in [-0.2, -0.15) is 10.5 Å². The zero-order valence-electron chi connectivity index (χ0n) is 11.2. The van der Waals surface area contributed by atoms with Gasteiger partial charge in [0.05, 0.1) is 7.11 Å². The molecule has 1 aromatic rings. The standard InChI is InChI=1S/C12H11Cl6N3O/c1-22-10-4-2-8(3-5-10)9-6-20(11(13,14)15)19-21(7-9)12(16,17)18/h2-6,19H,7H2,1H3. The highest BCUT2D eigenvalue weighted by Crippen LogP contribution is 2.38. The van der Waals surface area contributed by atoms with Gasteiger partial charge < -0.3 is 4.74 Å². The van der Waals surface area contributed by atoms with E-state index in [4.69, 9.17) is 74.3 Å². The van der Waals surface area contributed by atoms with Crippen molar-refractivity contribution < 1.29 is 4.74 Å². The molecule has 0 atom stereocenters. The van der Waals surface area contributed by atoms with E-state index in [0.717, 1.165) is 16.9 Å². The Hall–Kier alpha value is 0.220. The molecule has 0 aromatic heterocycles. The predicted molar refractivity (Wildman–Crippen MR) is 93.2 cm³/mol. The molecule has 1 aliphatic rings. The maximum absolute atomic E-state index is 5.92. The highest BCUT2D eigenvalue weighted by molar-refractivity contribution is 6.67. The minimum atomic E-state index is -1.76. The van der Waals surface area contributed by atoms with Gasteiger partial charge in [-0.05, 0) is 23.3 Å². The highest BCUT2D eigenvalue weighted by atomic mass is 35.6. The number of hydrogen-bond acceptors (Lipinski definition) is 4. The Bertz CT molecular complexity index is 551. The van der Waals surface area contributed by atoms with Gasteiger partial charge in [-0.15, -0.1) is 0 Å². The summed E-state index contributed by atoms with van der Waals surface area (Å²) in [5.74, 6) is 0.731. The van der Waals surface area contributed by atoms with E-state index in [0.29, 0.717) is 6.54 Å². The molecule has 1 N–H and O–H groups in total. The average molecular weight is 426 g/mol. The van der Waals surface area contributed by atoms with Gasteiger partial charge in [-0.3, -0.25) is 5.01 Å². The van der Waals surface area contributed by atoms with Crippen LogP contribution in [0.5, 0.6) is 5.75 Å². The summed E-state index contributed by atoms with van der Waals surface area (Å²) in [6.45, 7) is 0.292. The van der Waals surface area contributed by atoms with Crippen LogP contribution in [-0.2, 0) is 0 Å². The first kappa shape index (κ1) is 18.6. The Labute approximate surface area is 158 Å². The number of halogens is 6. The van der Waals surface area contributed by atoms with Crippen LogP contribution in [0, 0.1) is 0 Å². The monoisotopic (exact) mass is 423 g/mol. The lowest BCUT2D eigenvalue weighted by Gasteiger charge is -2.41. The van der Waals surface area contributed by atoms with Crippen molar-refractivity contribution in [3.63, 3.8) is 0 Å². The number of ether oxygens (including phenoxy) is 1. The van der Waals surface area contributed by atoms with Crippen LogP contribution in [-0.4, -0.2) is 31.5 Å². The quantitative estimate of drug-likeness (QED) is 0.547. The van der Waals surface area contributed by atoms with Crippen LogP contribution in [0.25, 0.3) is 5.57 Å². The summed E-state index contributed by atoms with van der Waals surface area (Å²) in [5.41, 5.74) is 4.40. The molecule has 122 valence electrons. The third kappa shape index (κ3) is 4.62. The lowest BCUT2D eigenvalue weighted by atomic mass is 10.1. The van der Waals surface area contributed by atoms with Crippen LogP contribution in [0.3, 0.4) is 0 Å². The van der Waals surface area contributed by atoms with Crippen molar-refractivity contribution in [2.75, 3.05) is 13.7 Å². The molecule has 0 aliphatic carbocycles. The van der Waals surface area contributed by atoms with Gasteiger partial charge in [0.2, 0.25) is 0 Å². The molecule has 10 heteroatoms. The van der Waals surface area contributed by atoms with Crippen molar-refractivity contribution in [3.05, 3.63) is 36.0 Å². The molecular weight excluding hydrogens is 415 g/mol. The van der Waals surface area contributed by atoms with Gasteiger partial charge in [0.15, 0.2) is 0 Å². The number of hydrazine groups is 2. The summed E-state index contributed by atoms with van der Waals surface area (Å²) in [7, 11) is 1.59. The molecule has 0 spiro atoms. The maximum Gasteiger partial charge on any atom is 0.282 e. The SMILES string of the molecule is COc1ccc(C2=CN(C(Cl)(Cl)Cl)NN(C(Cl)(Cl)Cl)C2)cc1. The molecule has 0 saturated heterocycles. The molecule has 1 heterocycles. The van der Waals surface area contributed by atoms with Crippen molar-refractivity contribution >= 4 is 75.2 Å². The molecule has 1 aromatic carbocycles. The molecule has 0 saturated carbocycles. The fourth-order valence-electron chi connectivity index (χ4n) is 1.81. The number of alkyl halides is 6. The van der Waals surface area contributed by atoms with Gasteiger partial charge in [0.1, 0.15) is 5.75 Å². The number of rotatable bonds is 2. The number of hydrogen-bond donors (Lipinski definition) is 1. The third-order valence-corrected chi connectivity index (χ3v) is 4.04. The molecule has 2 rings (SSSR count). The second-order valence-electron chi connectivity index (χ2n) is 4.37. The van der Waals surface area contributed by atoms with Crippen LogP contribution in [0.2, 0.25) is 0 Å². The smallest absolute Gasteiger partial charge is 0.282 e. The molecular formula is C12H11Cl6N3O. The van der Waals surface area contributed by atoms with E-state index in [9.17, 15) is 0 Å². The van der Waals surface area contributed by atoms with Crippen molar-refractivity contribution in [2.45, 2.75) is 7.83 Å². The van der Waals surface area contributed by atoms with E-state index in [1.807, 2.05) is 24.3 Å². The highest BCUT2D eigenvalue weighted by Gasteiger charge is 2.39. The van der Waals surface area contributed by atoms with Crippen LogP contribution < -0.4 is 10.3 Å². The van der Waals surface area contributed by atoms with Crippen molar-refractivity contribution in [3.8, 4) is 5.75 Å². The van der Waals surface area contributed by atoms with Crippen molar-refractivity contribution in [1.82, 2.24) is 15.6 Å². The third-order valence-electron chi connectivity index (χ3n) is 2.88. The van der Waals surface area contributed by atoms with Gasteiger partial charge in [0.25, 0.3) is 7.83 Å². The molecule has 22 heavy (non-hydrogen) atoms. The number of nitrogens with one attached hydrogen (secondary N) is 1. The molecule has 0 bridgehead atoms. The molecule has 0 radical (unpaired) electrons. The first-order valence-corrected chi connectivity index (χ1v) is 8.20. The second-order valence-corrected chi connectivity index (χ2v) is 8.82. The van der Waals surface area contributed by atoms with Crippen LogP contribution in [0.1, 0.15) is 5.56 Å². The zero-order valence-corrected chi connectivity index (χ0v) is 15.7. The summed E-state index contributed by atoms with van der Waals surface area (Å²) in [5, 5.41) is 2.54. The topological polar surface area (TPSA) is 27.7 Å². The Morgan fingerprint density at radius 2 is 1.59 bits per heavy atom. The van der Waals surface area contributed by atoms with Crippen molar-refractivity contribution in [1.29, 1.82) is 0 Å². The minimum absolute atomic E-state index is 0.292. The number of nitrogens with zero attached hydrogens (tertiary/aromatic N) is 2. The van der Waals surface area contributed by atoms with E-state index < -0.39 is 7.83 Å². The summed E-state index contributed by atoms with van der Waals surface area (Å²) >= 11 is 35.5. The molecule has 0 amide bonds. The lowest BCUT2D eigenvalue weighted by Crippen LogP contribution is -2.59. The van der Waals surface area contributed by atoms with Gasteiger partial charge in [-0.1, -0.05) is 81.7 Å². The van der Waals surface area contributed by atoms with E-state index in [1.54, 1.807) is 13.3 Å². The van der Waals surface area contributed by atoms with Gasteiger partial charge in [0, 0.05) is 12.7 Å². The number of methoxy groups -OCH3 is 1. The maximum atomic E-state index is 5.92. The van der Waals surface area contributed by atoms with Gasteiger partial charge >= 0.3 is 0 Å². The molecule has 0 unspecified atom stereocenters. The Morgan fingerprint density at radius 1 is 1.00 bits per heavy atom. The lowest BCUT2D eigenvalue weighted by molar-refractivity contribution is 0.0534. The van der Waals surface area contributed by atoms with E-state index >= 15 is 0 Å². The Balaban J connectivity index is 2.35. The fraction of sp³-hybridized carbons (Fsp3) is 0.333. The zero-order chi connectivity index (χ0) is 16.5. The van der Waals surface area contributed by atoms with Gasteiger partial charge in [-0.25, -0.2) is 0 Å². The van der Waals surface area contributed by atoms with Crippen LogP contribution >= 0.6 is 69.6 Å². The summed E-state index contributed by atoms with van der Waals surface area (Å²) < 4.78 is 1.65. The fourth-order valence-corrected chi connectivity index (χ4v) is 2.36. The Kier molecular flexibility index (Phi) is 5.90. The largest absolute Gasteiger partial charge is 0.497 e. The molecule has 1 aliphatic heterocycles.